The minimum atomic E-state index is -0.201. The lowest BCUT2D eigenvalue weighted by Gasteiger charge is -2.09. The van der Waals surface area contributed by atoms with E-state index < -0.39 is 0 Å². The van der Waals surface area contributed by atoms with Crippen molar-refractivity contribution in [3.63, 3.8) is 0 Å². The SMILES string of the molecule is NC(=S)c1ccc(CC(=O)Nc2c(Cl)cccc2Cl)cc1. The van der Waals surface area contributed by atoms with E-state index in [1.54, 1.807) is 30.3 Å². The molecule has 1 amide bonds. The molecule has 2 rings (SSSR count). The van der Waals surface area contributed by atoms with Gasteiger partial charge in [-0.15, -0.1) is 0 Å². The summed E-state index contributed by atoms with van der Waals surface area (Å²) in [6.07, 6.45) is 0.208. The molecule has 21 heavy (non-hydrogen) atoms. The molecule has 0 radical (unpaired) electrons. The highest BCUT2D eigenvalue weighted by atomic mass is 35.5. The van der Waals surface area contributed by atoms with Gasteiger partial charge < -0.3 is 11.1 Å². The van der Waals surface area contributed by atoms with Gasteiger partial charge in [0.05, 0.1) is 22.2 Å². The third-order valence-corrected chi connectivity index (χ3v) is 3.70. The Balaban J connectivity index is 2.06. The second kappa shape index (κ2) is 6.89. The molecular weight excluding hydrogens is 327 g/mol. The first-order valence-corrected chi connectivity index (χ1v) is 7.26. The molecule has 3 N–H and O–H groups in total. The number of anilines is 1. The number of halogens is 2. The summed E-state index contributed by atoms with van der Waals surface area (Å²) in [6, 6.07) is 12.2. The van der Waals surface area contributed by atoms with Crippen LogP contribution in [0.15, 0.2) is 42.5 Å². The molecule has 0 aliphatic rings. The zero-order valence-corrected chi connectivity index (χ0v) is 13.2. The first kappa shape index (κ1) is 15.8. The van der Waals surface area contributed by atoms with E-state index in [1.165, 1.54) is 0 Å². The highest BCUT2D eigenvalue weighted by Crippen LogP contribution is 2.29. The van der Waals surface area contributed by atoms with E-state index in [9.17, 15) is 4.79 Å². The first-order chi connectivity index (χ1) is 9.97. The van der Waals surface area contributed by atoms with Crippen LogP contribution in [-0.2, 0) is 11.2 Å². The highest BCUT2D eigenvalue weighted by molar-refractivity contribution is 7.80. The number of para-hydroxylation sites is 1. The zero-order valence-electron chi connectivity index (χ0n) is 10.9. The van der Waals surface area contributed by atoms with Crippen LogP contribution >= 0.6 is 35.4 Å². The molecule has 0 aliphatic heterocycles. The van der Waals surface area contributed by atoms with Crippen LogP contribution in [0.4, 0.5) is 5.69 Å². The molecule has 0 saturated heterocycles. The van der Waals surface area contributed by atoms with Crippen molar-refractivity contribution >= 4 is 52.0 Å². The molecule has 2 aromatic rings. The normalized spacial score (nSPS) is 10.2. The summed E-state index contributed by atoms with van der Waals surface area (Å²) < 4.78 is 0. The van der Waals surface area contributed by atoms with E-state index in [0.717, 1.165) is 11.1 Å². The van der Waals surface area contributed by atoms with Gasteiger partial charge in [0, 0.05) is 5.56 Å². The lowest BCUT2D eigenvalue weighted by atomic mass is 10.1. The molecule has 6 heteroatoms. The number of benzene rings is 2. The summed E-state index contributed by atoms with van der Waals surface area (Å²) in [6.45, 7) is 0. The summed E-state index contributed by atoms with van der Waals surface area (Å²) in [5.41, 5.74) is 7.56. The average Bonchev–Trinajstić information content (AvgIpc) is 2.43. The van der Waals surface area contributed by atoms with Crippen molar-refractivity contribution in [1.82, 2.24) is 0 Å². The third kappa shape index (κ3) is 4.17. The minimum absolute atomic E-state index is 0.201. The van der Waals surface area contributed by atoms with Crippen LogP contribution in [0.3, 0.4) is 0 Å². The molecule has 0 saturated carbocycles. The maximum atomic E-state index is 12.0. The van der Waals surface area contributed by atoms with Crippen LogP contribution in [-0.4, -0.2) is 10.9 Å². The van der Waals surface area contributed by atoms with Gasteiger partial charge in [-0.1, -0.05) is 65.8 Å². The van der Waals surface area contributed by atoms with Crippen molar-refractivity contribution in [3.8, 4) is 0 Å². The molecule has 3 nitrogen and oxygen atoms in total. The summed E-state index contributed by atoms with van der Waals surface area (Å²) in [7, 11) is 0. The van der Waals surface area contributed by atoms with Crippen LogP contribution in [0.25, 0.3) is 0 Å². The summed E-state index contributed by atoms with van der Waals surface area (Å²) in [5, 5.41) is 3.52. The summed E-state index contributed by atoms with van der Waals surface area (Å²) >= 11 is 16.9. The Bertz CT molecular complexity index is 666. The van der Waals surface area contributed by atoms with Crippen molar-refractivity contribution in [2.45, 2.75) is 6.42 Å². The smallest absolute Gasteiger partial charge is 0.228 e. The Morgan fingerprint density at radius 1 is 1.10 bits per heavy atom. The molecule has 0 bridgehead atoms. The van der Waals surface area contributed by atoms with E-state index in [2.05, 4.69) is 5.32 Å². The minimum Gasteiger partial charge on any atom is -0.389 e. The topological polar surface area (TPSA) is 55.1 Å². The Morgan fingerprint density at radius 3 is 2.19 bits per heavy atom. The van der Waals surface area contributed by atoms with Gasteiger partial charge in [0.2, 0.25) is 5.91 Å². The standard InChI is InChI=1S/C15H12Cl2N2OS/c16-11-2-1-3-12(17)14(11)19-13(20)8-9-4-6-10(7-5-9)15(18)21/h1-7H,8H2,(H2,18,21)(H,19,20). The Kier molecular flexibility index (Phi) is 5.17. The quantitative estimate of drug-likeness (QED) is 0.833. The second-order valence-electron chi connectivity index (χ2n) is 4.38. The molecule has 2 aromatic carbocycles. The largest absolute Gasteiger partial charge is 0.389 e. The molecule has 0 heterocycles. The van der Waals surface area contributed by atoms with Crippen LogP contribution in [0.2, 0.25) is 10.0 Å². The van der Waals surface area contributed by atoms with Gasteiger partial charge in [0.1, 0.15) is 4.99 Å². The highest BCUT2D eigenvalue weighted by Gasteiger charge is 2.10. The Morgan fingerprint density at radius 2 is 1.67 bits per heavy atom. The molecule has 0 fully saturated rings. The fourth-order valence-electron chi connectivity index (χ4n) is 1.77. The van der Waals surface area contributed by atoms with Gasteiger partial charge in [-0.25, -0.2) is 0 Å². The molecule has 0 unspecified atom stereocenters. The predicted molar refractivity (Wildman–Crippen MR) is 91.1 cm³/mol. The predicted octanol–water partition coefficient (Wildman–Crippen LogP) is 3.81. The molecule has 0 spiro atoms. The number of amides is 1. The number of hydrogen-bond donors (Lipinski definition) is 2. The summed E-state index contributed by atoms with van der Waals surface area (Å²) in [5.74, 6) is -0.201. The third-order valence-electron chi connectivity index (χ3n) is 2.83. The molecule has 0 aromatic heterocycles. The fourth-order valence-corrected chi connectivity index (χ4v) is 2.40. The Hall–Kier alpha value is -1.62. The number of carbonyl (C=O) groups excluding carboxylic acids is 1. The molecular formula is C15H12Cl2N2OS. The maximum Gasteiger partial charge on any atom is 0.228 e. The number of hydrogen-bond acceptors (Lipinski definition) is 2. The second-order valence-corrected chi connectivity index (χ2v) is 5.64. The van der Waals surface area contributed by atoms with E-state index in [0.29, 0.717) is 20.7 Å². The van der Waals surface area contributed by atoms with Gasteiger partial charge in [-0.3, -0.25) is 4.79 Å². The Labute approximate surface area is 138 Å². The van der Waals surface area contributed by atoms with Gasteiger partial charge in [-0.2, -0.15) is 0 Å². The van der Waals surface area contributed by atoms with Crippen molar-refractivity contribution in [3.05, 3.63) is 63.6 Å². The van der Waals surface area contributed by atoms with Crippen molar-refractivity contribution < 1.29 is 4.79 Å². The first-order valence-electron chi connectivity index (χ1n) is 6.10. The zero-order chi connectivity index (χ0) is 15.4. The van der Waals surface area contributed by atoms with Crippen LogP contribution in [0, 0.1) is 0 Å². The number of nitrogens with two attached hydrogens (primary N) is 1. The van der Waals surface area contributed by atoms with Crippen molar-refractivity contribution in [2.75, 3.05) is 5.32 Å². The lowest BCUT2D eigenvalue weighted by molar-refractivity contribution is -0.115. The van der Waals surface area contributed by atoms with Crippen LogP contribution in [0.5, 0.6) is 0 Å². The van der Waals surface area contributed by atoms with Crippen molar-refractivity contribution in [1.29, 1.82) is 0 Å². The average molecular weight is 339 g/mol. The molecule has 108 valence electrons. The fraction of sp³-hybridized carbons (Fsp3) is 0.0667. The lowest BCUT2D eigenvalue weighted by Crippen LogP contribution is -2.15. The van der Waals surface area contributed by atoms with Gasteiger partial charge in [0.25, 0.3) is 0 Å². The number of rotatable bonds is 4. The molecule has 0 atom stereocenters. The monoisotopic (exact) mass is 338 g/mol. The number of thiocarbonyl (C=S) groups is 1. The van der Waals surface area contributed by atoms with E-state index in [-0.39, 0.29) is 12.3 Å². The van der Waals surface area contributed by atoms with Crippen LogP contribution < -0.4 is 11.1 Å². The maximum absolute atomic E-state index is 12.0. The summed E-state index contributed by atoms with van der Waals surface area (Å²) in [4.78, 5) is 12.4. The number of nitrogens with one attached hydrogen (secondary N) is 1. The molecule has 0 aliphatic carbocycles. The van der Waals surface area contributed by atoms with Gasteiger partial charge in [-0.05, 0) is 17.7 Å². The van der Waals surface area contributed by atoms with Crippen molar-refractivity contribution in [2.24, 2.45) is 5.73 Å². The van der Waals surface area contributed by atoms with Gasteiger partial charge in [0.15, 0.2) is 0 Å². The number of carbonyl (C=O) groups is 1. The van der Waals surface area contributed by atoms with Crippen LogP contribution in [0.1, 0.15) is 11.1 Å². The van der Waals surface area contributed by atoms with Gasteiger partial charge >= 0.3 is 0 Å². The van der Waals surface area contributed by atoms with E-state index in [1.807, 2.05) is 12.1 Å². The van der Waals surface area contributed by atoms with E-state index in [4.69, 9.17) is 41.2 Å². The van der Waals surface area contributed by atoms with E-state index >= 15 is 0 Å².